The van der Waals surface area contributed by atoms with Crippen molar-refractivity contribution in [3.8, 4) is 22.3 Å². The molecular weight excluding hydrogens is 546 g/mol. The number of benzene rings is 7. The molecule has 9 rings (SSSR count). The van der Waals surface area contributed by atoms with Gasteiger partial charge < -0.3 is 9.32 Å². The van der Waals surface area contributed by atoms with Crippen LogP contribution in [0.5, 0.6) is 0 Å². The zero-order chi connectivity index (χ0) is 30.1. The molecular formula is C43H31NO. The molecule has 0 atom stereocenters. The smallest absolute Gasteiger partial charge is 0.143 e. The maximum Gasteiger partial charge on any atom is 0.143 e. The monoisotopic (exact) mass is 577 g/mol. The van der Waals surface area contributed by atoms with Gasteiger partial charge in [0.05, 0.1) is 5.69 Å². The Morgan fingerprint density at radius 1 is 0.511 bits per heavy atom. The van der Waals surface area contributed by atoms with Gasteiger partial charge in [-0.3, -0.25) is 0 Å². The van der Waals surface area contributed by atoms with Gasteiger partial charge in [0.2, 0.25) is 0 Å². The standard InChI is InChI=1S/C43H31NO/c1-43(2)37-15-8-6-14-36(37)41-38(43)16-10-17-39(41)44(31-22-19-29(20-23-31)28-11-4-3-5-12-28)32-24-26-33-30(27-32)21-25-35-34-13-7-9-18-40(34)45-42(33)35/h3-27H,1-2H3. The van der Waals surface area contributed by atoms with Crippen molar-refractivity contribution in [3.05, 3.63) is 163 Å². The molecule has 0 aliphatic heterocycles. The van der Waals surface area contributed by atoms with Crippen molar-refractivity contribution < 1.29 is 4.42 Å². The van der Waals surface area contributed by atoms with Crippen LogP contribution >= 0.6 is 0 Å². The molecule has 214 valence electrons. The quantitative estimate of drug-likeness (QED) is 0.207. The number of anilines is 3. The normalized spacial score (nSPS) is 13.3. The van der Waals surface area contributed by atoms with Crippen molar-refractivity contribution in [1.29, 1.82) is 0 Å². The summed E-state index contributed by atoms with van der Waals surface area (Å²) >= 11 is 0. The molecule has 0 radical (unpaired) electrons. The number of furan rings is 1. The molecule has 2 heteroatoms. The number of nitrogens with zero attached hydrogens (tertiary/aromatic N) is 1. The van der Waals surface area contributed by atoms with E-state index in [2.05, 4.69) is 158 Å². The van der Waals surface area contributed by atoms with E-state index in [1.165, 1.54) is 39.1 Å². The zero-order valence-corrected chi connectivity index (χ0v) is 25.3. The lowest BCUT2D eigenvalue weighted by atomic mass is 9.82. The molecule has 0 bridgehead atoms. The number of hydrogen-bond acceptors (Lipinski definition) is 2. The molecule has 7 aromatic carbocycles. The Hall–Kier alpha value is -5.60. The fourth-order valence-electron chi connectivity index (χ4n) is 7.42. The molecule has 45 heavy (non-hydrogen) atoms. The first kappa shape index (κ1) is 25.9. The Bertz CT molecular complexity index is 2400. The SMILES string of the molecule is CC1(C)c2ccccc2-c2c(N(c3ccc(-c4ccccc4)cc3)c3ccc4c(ccc5c6ccccc6oc45)c3)cccc21. The molecule has 0 N–H and O–H groups in total. The third kappa shape index (κ3) is 3.89. The van der Waals surface area contributed by atoms with Gasteiger partial charge in [0.25, 0.3) is 0 Å². The summed E-state index contributed by atoms with van der Waals surface area (Å²) in [6, 6.07) is 54.7. The van der Waals surface area contributed by atoms with E-state index in [9.17, 15) is 0 Å². The van der Waals surface area contributed by atoms with Crippen LogP contribution in [0.2, 0.25) is 0 Å². The molecule has 0 unspecified atom stereocenters. The Balaban J connectivity index is 1.27. The second-order valence-corrected chi connectivity index (χ2v) is 12.6. The van der Waals surface area contributed by atoms with Gasteiger partial charge in [-0.25, -0.2) is 0 Å². The van der Waals surface area contributed by atoms with Crippen LogP contribution < -0.4 is 4.90 Å². The maximum absolute atomic E-state index is 6.40. The Morgan fingerprint density at radius 2 is 1.20 bits per heavy atom. The molecule has 0 saturated carbocycles. The van der Waals surface area contributed by atoms with Gasteiger partial charge in [-0.15, -0.1) is 0 Å². The highest BCUT2D eigenvalue weighted by molar-refractivity contribution is 6.15. The highest BCUT2D eigenvalue weighted by Gasteiger charge is 2.37. The van der Waals surface area contributed by atoms with Crippen molar-refractivity contribution in [2.45, 2.75) is 19.3 Å². The molecule has 2 nitrogen and oxygen atoms in total. The summed E-state index contributed by atoms with van der Waals surface area (Å²) in [5.41, 5.74) is 13.0. The minimum absolute atomic E-state index is 0.0823. The van der Waals surface area contributed by atoms with E-state index >= 15 is 0 Å². The summed E-state index contributed by atoms with van der Waals surface area (Å²) in [5.74, 6) is 0. The van der Waals surface area contributed by atoms with Crippen LogP contribution in [0.1, 0.15) is 25.0 Å². The summed E-state index contributed by atoms with van der Waals surface area (Å²) < 4.78 is 6.40. The van der Waals surface area contributed by atoms with Gasteiger partial charge in [-0.2, -0.15) is 0 Å². The first-order valence-electron chi connectivity index (χ1n) is 15.6. The van der Waals surface area contributed by atoms with E-state index in [4.69, 9.17) is 4.42 Å². The third-order valence-electron chi connectivity index (χ3n) is 9.66. The number of rotatable bonds is 4. The van der Waals surface area contributed by atoms with Crippen LogP contribution in [0, 0.1) is 0 Å². The first-order chi connectivity index (χ1) is 22.1. The number of para-hydroxylation sites is 1. The first-order valence-corrected chi connectivity index (χ1v) is 15.6. The second kappa shape index (κ2) is 9.70. The average molecular weight is 578 g/mol. The molecule has 1 aliphatic carbocycles. The fraction of sp³-hybridized carbons (Fsp3) is 0.0698. The lowest BCUT2D eigenvalue weighted by molar-refractivity contribution is 0.660. The average Bonchev–Trinajstić information content (AvgIpc) is 3.59. The van der Waals surface area contributed by atoms with Crippen LogP contribution in [-0.4, -0.2) is 0 Å². The molecule has 1 aliphatic rings. The topological polar surface area (TPSA) is 16.4 Å². The van der Waals surface area contributed by atoms with Gasteiger partial charge in [0.15, 0.2) is 0 Å². The van der Waals surface area contributed by atoms with Gasteiger partial charge >= 0.3 is 0 Å². The van der Waals surface area contributed by atoms with Gasteiger partial charge in [-0.1, -0.05) is 117 Å². The van der Waals surface area contributed by atoms with Crippen molar-refractivity contribution in [1.82, 2.24) is 0 Å². The predicted molar refractivity (Wildman–Crippen MR) is 189 cm³/mol. The molecule has 1 heterocycles. The highest BCUT2D eigenvalue weighted by atomic mass is 16.3. The summed E-state index contributed by atoms with van der Waals surface area (Å²) in [6.45, 7) is 4.68. The molecule has 0 spiro atoms. The predicted octanol–water partition coefficient (Wildman–Crippen LogP) is 12.2. The van der Waals surface area contributed by atoms with Gasteiger partial charge in [0, 0.05) is 38.5 Å². The summed E-state index contributed by atoms with van der Waals surface area (Å²) in [4.78, 5) is 2.42. The lowest BCUT2D eigenvalue weighted by Gasteiger charge is -2.29. The van der Waals surface area contributed by atoms with Gasteiger partial charge in [0.1, 0.15) is 11.2 Å². The fourth-order valence-corrected chi connectivity index (χ4v) is 7.42. The van der Waals surface area contributed by atoms with Crippen LogP contribution in [0.15, 0.2) is 156 Å². The Labute approximate surface area is 262 Å². The van der Waals surface area contributed by atoms with E-state index < -0.39 is 0 Å². The molecule has 8 aromatic rings. The number of hydrogen-bond donors (Lipinski definition) is 0. The molecule has 0 amide bonds. The van der Waals surface area contributed by atoms with Crippen LogP contribution in [-0.2, 0) is 5.41 Å². The lowest BCUT2D eigenvalue weighted by Crippen LogP contribution is -2.16. The van der Waals surface area contributed by atoms with Crippen LogP contribution in [0.3, 0.4) is 0 Å². The summed E-state index contributed by atoms with van der Waals surface area (Å²) in [5, 5.41) is 4.58. The van der Waals surface area contributed by atoms with E-state index in [-0.39, 0.29) is 5.41 Å². The van der Waals surface area contributed by atoms with Crippen molar-refractivity contribution in [3.63, 3.8) is 0 Å². The van der Waals surface area contributed by atoms with E-state index in [0.29, 0.717) is 0 Å². The third-order valence-corrected chi connectivity index (χ3v) is 9.66. The Kier molecular flexibility index (Phi) is 5.58. The van der Waals surface area contributed by atoms with Crippen molar-refractivity contribution >= 4 is 49.8 Å². The van der Waals surface area contributed by atoms with Gasteiger partial charge in [-0.05, 0) is 81.7 Å². The van der Waals surface area contributed by atoms with Crippen LogP contribution in [0.25, 0.3) is 55.0 Å². The largest absolute Gasteiger partial charge is 0.455 e. The van der Waals surface area contributed by atoms with E-state index in [1.54, 1.807) is 0 Å². The molecule has 0 saturated heterocycles. The maximum atomic E-state index is 6.40. The van der Waals surface area contributed by atoms with Crippen molar-refractivity contribution in [2.75, 3.05) is 4.90 Å². The zero-order valence-electron chi connectivity index (χ0n) is 25.3. The van der Waals surface area contributed by atoms with Crippen LogP contribution in [0.4, 0.5) is 17.1 Å². The minimum Gasteiger partial charge on any atom is -0.455 e. The Morgan fingerprint density at radius 3 is 2.07 bits per heavy atom. The van der Waals surface area contributed by atoms with E-state index in [0.717, 1.165) is 44.1 Å². The second-order valence-electron chi connectivity index (χ2n) is 12.6. The van der Waals surface area contributed by atoms with E-state index in [1.807, 2.05) is 12.1 Å². The molecule has 0 fully saturated rings. The van der Waals surface area contributed by atoms with Crippen molar-refractivity contribution in [2.24, 2.45) is 0 Å². The summed E-state index contributed by atoms with van der Waals surface area (Å²) in [7, 11) is 0. The summed E-state index contributed by atoms with van der Waals surface area (Å²) in [6.07, 6.45) is 0. The minimum atomic E-state index is -0.0823. The highest BCUT2D eigenvalue weighted by Crippen LogP contribution is 2.54. The molecule has 1 aromatic heterocycles. The number of fused-ring (bicyclic) bond motifs is 8.